The van der Waals surface area contributed by atoms with E-state index >= 15 is 0 Å². The molecule has 4 aromatic rings. The summed E-state index contributed by atoms with van der Waals surface area (Å²) in [5.74, 6) is 1.52. The first-order valence-corrected chi connectivity index (χ1v) is 12.0. The zero-order chi connectivity index (χ0) is 26.7. The number of carbonyl (C=O) groups is 1. The lowest BCUT2D eigenvalue weighted by atomic mass is 10.3. The number of aromatic nitrogens is 3. The summed E-state index contributed by atoms with van der Waals surface area (Å²) in [5.41, 5.74) is 2.02. The van der Waals surface area contributed by atoms with E-state index in [1.807, 2.05) is 17.7 Å². The summed E-state index contributed by atoms with van der Waals surface area (Å²) in [4.78, 5) is 23.2. The number of likely N-dealkylation sites (tertiary alicyclic amines) is 1. The molecule has 0 bridgehead atoms. The average molecular weight is 527 g/mol. The van der Waals surface area contributed by atoms with Gasteiger partial charge in [0.15, 0.2) is 0 Å². The van der Waals surface area contributed by atoms with Crippen molar-refractivity contribution in [2.24, 2.45) is 7.05 Å². The number of aryl methyl sites for hydroxylation is 1. The number of anilines is 3. The van der Waals surface area contributed by atoms with Gasteiger partial charge in [-0.15, -0.1) is 13.2 Å². The molecule has 0 unspecified atom stereocenters. The second-order valence-corrected chi connectivity index (χ2v) is 8.85. The van der Waals surface area contributed by atoms with E-state index in [1.54, 1.807) is 30.5 Å². The van der Waals surface area contributed by atoms with Crippen molar-refractivity contribution in [3.8, 4) is 17.2 Å². The van der Waals surface area contributed by atoms with Gasteiger partial charge in [-0.05, 0) is 68.4 Å². The number of amides is 1. The van der Waals surface area contributed by atoms with Crippen LogP contribution in [0.2, 0.25) is 0 Å². The third-order valence-corrected chi connectivity index (χ3v) is 6.00. The standard InChI is InChI=1S/C26H25F3N6O3/c1-34-22-9-8-19(37-20-10-11-30-23(15-20)33-24(36)16-35-12-2-3-13-35)14-21(22)32-25(34)31-17-4-6-18(7-5-17)38-26(27,28)29/h4-11,14-15H,2-3,12-13,16H2,1H3,(H,31,32)(H,30,33,36). The molecule has 1 amide bonds. The molecule has 0 radical (unpaired) electrons. The first kappa shape index (κ1) is 25.3. The van der Waals surface area contributed by atoms with E-state index in [0.29, 0.717) is 41.0 Å². The van der Waals surface area contributed by atoms with Crippen molar-refractivity contribution in [3.63, 3.8) is 0 Å². The highest BCUT2D eigenvalue weighted by atomic mass is 19.4. The number of hydrogen-bond acceptors (Lipinski definition) is 7. The number of ether oxygens (including phenoxy) is 2. The molecule has 1 aliphatic rings. The minimum absolute atomic E-state index is 0.117. The maximum atomic E-state index is 12.4. The van der Waals surface area contributed by atoms with Crippen LogP contribution in [0.15, 0.2) is 60.8 Å². The average Bonchev–Trinajstić information content (AvgIpc) is 3.47. The third-order valence-electron chi connectivity index (χ3n) is 6.00. The number of fused-ring (bicyclic) bond motifs is 1. The molecular formula is C26H25F3N6O3. The van der Waals surface area contributed by atoms with E-state index in [0.717, 1.165) is 31.4 Å². The molecule has 0 spiro atoms. The zero-order valence-corrected chi connectivity index (χ0v) is 20.5. The van der Waals surface area contributed by atoms with Crippen LogP contribution in [-0.2, 0) is 11.8 Å². The molecule has 12 heteroatoms. The Balaban J connectivity index is 1.25. The molecule has 0 saturated carbocycles. The van der Waals surface area contributed by atoms with Gasteiger partial charge >= 0.3 is 6.36 Å². The van der Waals surface area contributed by atoms with Crippen LogP contribution in [0.4, 0.5) is 30.6 Å². The molecule has 1 saturated heterocycles. The van der Waals surface area contributed by atoms with Crippen molar-refractivity contribution in [1.29, 1.82) is 0 Å². The monoisotopic (exact) mass is 526 g/mol. The number of imidazole rings is 1. The largest absolute Gasteiger partial charge is 0.573 e. The molecule has 0 aliphatic carbocycles. The highest BCUT2D eigenvalue weighted by molar-refractivity contribution is 5.91. The second kappa shape index (κ2) is 10.6. The fourth-order valence-corrected chi connectivity index (χ4v) is 4.23. The Morgan fingerprint density at radius 1 is 1.00 bits per heavy atom. The summed E-state index contributed by atoms with van der Waals surface area (Å²) in [7, 11) is 1.82. The van der Waals surface area contributed by atoms with E-state index in [1.165, 1.54) is 24.3 Å². The van der Waals surface area contributed by atoms with Crippen LogP contribution in [0, 0.1) is 0 Å². The Kier molecular flexibility index (Phi) is 7.05. The molecule has 198 valence electrons. The predicted octanol–water partition coefficient (Wildman–Crippen LogP) is 5.44. The number of carbonyl (C=O) groups excluding carboxylic acids is 1. The van der Waals surface area contributed by atoms with Gasteiger partial charge in [0.25, 0.3) is 0 Å². The maximum absolute atomic E-state index is 12.4. The molecule has 3 heterocycles. The van der Waals surface area contributed by atoms with Crippen molar-refractivity contribution < 1.29 is 27.4 Å². The van der Waals surface area contributed by atoms with Crippen molar-refractivity contribution >= 4 is 34.4 Å². The van der Waals surface area contributed by atoms with Gasteiger partial charge in [0.05, 0.1) is 17.6 Å². The Hall–Kier alpha value is -4.32. The number of halogens is 3. The minimum Gasteiger partial charge on any atom is -0.457 e. The molecule has 2 aromatic heterocycles. The highest BCUT2D eigenvalue weighted by Gasteiger charge is 2.31. The molecule has 0 atom stereocenters. The number of nitrogens with zero attached hydrogens (tertiary/aromatic N) is 4. The van der Waals surface area contributed by atoms with Gasteiger partial charge in [-0.25, -0.2) is 9.97 Å². The Morgan fingerprint density at radius 3 is 2.45 bits per heavy atom. The topological polar surface area (TPSA) is 93.5 Å². The highest BCUT2D eigenvalue weighted by Crippen LogP contribution is 2.30. The molecule has 38 heavy (non-hydrogen) atoms. The number of rotatable bonds is 8. The lowest BCUT2D eigenvalue weighted by Gasteiger charge is -2.14. The van der Waals surface area contributed by atoms with Crippen molar-refractivity contribution in [2.45, 2.75) is 19.2 Å². The molecule has 5 rings (SSSR count). The van der Waals surface area contributed by atoms with Gasteiger partial charge in [0.1, 0.15) is 23.1 Å². The fraction of sp³-hybridized carbons (Fsp3) is 0.269. The lowest BCUT2D eigenvalue weighted by molar-refractivity contribution is -0.274. The first-order chi connectivity index (χ1) is 18.2. The first-order valence-electron chi connectivity index (χ1n) is 12.0. The van der Waals surface area contributed by atoms with Crippen molar-refractivity contribution in [1.82, 2.24) is 19.4 Å². The summed E-state index contributed by atoms with van der Waals surface area (Å²) in [6, 6.07) is 14.2. The number of benzene rings is 2. The lowest BCUT2D eigenvalue weighted by Crippen LogP contribution is -2.31. The SMILES string of the molecule is Cn1c(Nc2ccc(OC(F)(F)F)cc2)nc2cc(Oc3ccnc(NC(=O)CN4CCCC4)c3)ccc21. The van der Waals surface area contributed by atoms with Crippen LogP contribution in [0.3, 0.4) is 0 Å². The number of nitrogens with one attached hydrogen (secondary N) is 2. The second-order valence-electron chi connectivity index (χ2n) is 8.85. The summed E-state index contributed by atoms with van der Waals surface area (Å²) in [6.07, 6.45) is -0.958. The van der Waals surface area contributed by atoms with Crippen LogP contribution >= 0.6 is 0 Å². The van der Waals surface area contributed by atoms with Crippen LogP contribution in [0.25, 0.3) is 11.0 Å². The zero-order valence-electron chi connectivity index (χ0n) is 20.5. The van der Waals surface area contributed by atoms with E-state index < -0.39 is 6.36 Å². The normalized spacial score (nSPS) is 14.0. The summed E-state index contributed by atoms with van der Waals surface area (Å²) < 4.78 is 48.9. The number of hydrogen-bond donors (Lipinski definition) is 2. The van der Waals surface area contributed by atoms with Gasteiger partial charge in [0, 0.05) is 31.1 Å². The van der Waals surface area contributed by atoms with Crippen LogP contribution in [0.5, 0.6) is 17.2 Å². The van der Waals surface area contributed by atoms with E-state index in [-0.39, 0.29) is 11.7 Å². The minimum atomic E-state index is -4.74. The molecule has 2 aromatic carbocycles. The van der Waals surface area contributed by atoms with Crippen LogP contribution in [-0.4, -0.2) is 51.3 Å². The van der Waals surface area contributed by atoms with Crippen LogP contribution < -0.4 is 20.1 Å². The number of alkyl halides is 3. The van der Waals surface area contributed by atoms with Crippen LogP contribution in [0.1, 0.15) is 12.8 Å². The van der Waals surface area contributed by atoms with Crippen molar-refractivity contribution in [2.75, 3.05) is 30.3 Å². The molecule has 1 fully saturated rings. The van der Waals surface area contributed by atoms with Crippen molar-refractivity contribution in [3.05, 3.63) is 60.8 Å². The fourth-order valence-electron chi connectivity index (χ4n) is 4.23. The Labute approximate surface area is 216 Å². The molecule has 1 aliphatic heterocycles. The Morgan fingerprint density at radius 2 is 1.71 bits per heavy atom. The number of pyridine rings is 1. The predicted molar refractivity (Wildman–Crippen MR) is 136 cm³/mol. The van der Waals surface area contributed by atoms with Gasteiger partial charge in [0.2, 0.25) is 11.9 Å². The summed E-state index contributed by atoms with van der Waals surface area (Å²) in [5, 5.41) is 5.91. The summed E-state index contributed by atoms with van der Waals surface area (Å²) >= 11 is 0. The maximum Gasteiger partial charge on any atom is 0.573 e. The molecule has 9 nitrogen and oxygen atoms in total. The van der Waals surface area contributed by atoms with E-state index in [2.05, 4.69) is 30.2 Å². The third kappa shape index (κ3) is 6.32. The van der Waals surface area contributed by atoms with E-state index in [4.69, 9.17) is 4.74 Å². The Bertz CT molecular complexity index is 1430. The molecule has 2 N–H and O–H groups in total. The van der Waals surface area contributed by atoms with E-state index in [9.17, 15) is 18.0 Å². The summed E-state index contributed by atoms with van der Waals surface area (Å²) in [6.45, 7) is 2.20. The van der Waals surface area contributed by atoms with Gasteiger partial charge in [-0.2, -0.15) is 0 Å². The van der Waals surface area contributed by atoms with Gasteiger partial charge in [-0.1, -0.05) is 0 Å². The quantitative estimate of drug-likeness (QED) is 0.316. The van der Waals surface area contributed by atoms with Gasteiger partial charge in [-0.3, -0.25) is 9.69 Å². The molecular weight excluding hydrogens is 501 g/mol. The smallest absolute Gasteiger partial charge is 0.457 e. The van der Waals surface area contributed by atoms with Gasteiger partial charge < -0.3 is 24.7 Å².